The molecular formula is C24H19NO7. The Morgan fingerprint density at radius 2 is 1.69 bits per heavy atom. The summed E-state index contributed by atoms with van der Waals surface area (Å²) < 4.78 is 21.7. The van der Waals surface area contributed by atoms with Gasteiger partial charge in [-0.25, -0.2) is 0 Å². The molecule has 0 radical (unpaired) electrons. The van der Waals surface area contributed by atoms with Crippen LogP contribution in [0.15, 0.2) is 66.7 Å². The Hall–Kier alpha value is -4.33. The molecule has 8 heteroatoms. The molecule has 1 aliphatic heterocycles. The van der Waals surface area contributed by atoms with Crippen LogP contribution >= 0.6 is 0 Å². The molecule has 0 bridgehead atoms. The van der Waals surface area contributed by atoms with Gasteiger partial charge in [0.05, 0.1) is 12.0 Å². The van der Waals surface area contributed by atoms with Gasteiger partial charge in [0.1, 0.15) is 24.7 Å². The zero-order chi connectivity index (χ0) is 22.5. The van der Waals surface area contributed by atoms with Gasteiger partial charge in [-0.05, 0) is 60.2 Å². The maximum absolute atomic E-state index is 12.5. The fourth-order valence-corrected chi connectivity index (χ4v) is 3.10. The molecule has 4 rings (SSSR count). The Morgan fingerprint density at radius 1 is 0.969 bits per heavy atom. The number of hydrogen-bond donors (Lipinski definition) is 0. The number of benzene rings is 3. The number of ether oxygens (including phenoxy) is 4. The van der Waals surface area contributed by atoms with Gasteiger partial charge < -0.3 is 18.9 Å². The summed E-state index contributed by atoms with van der Waals surface area (Å²) in [4.78, 5) is 23.6. The molecule has 1 aliphatic rings. The highest BCUT2D eigenvalue weighted by Gasteiger charge is 2.17. The number of allylic oxidation sites excluding steroid dienone is 1. The third kappa shape index (κ3) is 4.70. The quantitative estimate of drug-likeness (QED) is 0.222. The molecule has 32 heavy (non-hydrogen) atoms. The summed E-state index contributed by atoms with van der Waals surface area (Å²) in [6.07, 6.45) is 2.87. The van der Waals surface area contributed by atoms with Gasteiger partial charge in [-0.1, -0.05) is 12.1 Å². The van der Waals surface area contributed by atoms with E-state index in [4.69, 9.17) is 18.9 Å². The van der Waals surface area contributed by atoms with E-state index in [2.05, 4.69) is 0 Å². The Morgan fingerprint density at radius 3 is 2.41 bits per heavy atom. The molecule has 3 aromatic carbocycles. The number of carbonyl (C=O) groups excluding carboxylic acids is 1. The van der Waals surface area contributed by atoms with Crippen LogP contribution in [0.2, 0.25) is 0 Å². The van der Waals surface area contributed by atoms with Crippen molar-refractivity contribution < 1.29 is 28.7 Å². The van der Waals surface area contributed by atoms with Gasteiger partial charge in [-0.15, -0.1) is 0 Å². The van der Waals surface area contributed by atoms with Crippen LogP contribution in [0, 0.1) is 10.1 Å². The van der Waals surface area contributed by atoms with Crippen LogP contribution in [0.1, 0.15) is 15.9 Å². The van der Waals surface area contributed by atoms with Crippen LogP contribution in [0.4, 0.5) is 5.69 Å². The summed E-state index contributed by atoms with van der Waals surface area (Å²) in [6.45, 7) is 0.895. The lowest BCUT2D eigenvalue weighted by molar-refractivity contribution is -0.385. The minimum absolute atomic E-state index is 0.0930. The highest BCUT2D eigenvalue weighted by Crippen LogP contribution is 2.34. The lowest BCUT2D eigenvalue weighted by Crippen LogP contribution is -2.15. The van der Waals surface area contributed by atoms with Crippen LogP contribution in [-0.4, -0.2) is 31.0 Å². The van der Waals surface area contributed by atoms with E-state index in [9.17, 15) is 14.9 Å². The Labute approximate surface area is 183 Å². The van der Waals surface area contributed by atoms with Crippen molar-refractivity contribution >= 4 is 17.5 Å². The molecular weight excluding hydrogens is 414 g/mol. The Balaban J connectivity index is 1.52. The van der Waals surface area contributed by atoms with E-state index in [0.29, 0.717) is 47.3 Å². The molecule has 0 aliphatic carbocycles. The Kier molecular flexibility index (Phi) is 6.03. The van der Waals surface area contributed by atoms with Crippen LogP contribution in [-0.2, 0) is 0 Å². The van der Waals surface area contributed by atoms with Crippen molar-refractivity contribution in [3.63, 3.8) is 0 Å². The maximum atomic E-state index is 12.5. The molecule has 3 aromatic rings. The van der Waals surface area contributed by atoms with Crippen molar-refractivity contribution in [3.05, 3.63) is 88.0 Å². The van der Waals surface area contributed by atoms with Crippen LogP contribution in [0.3, 0.4) is 0 Å². The van der Waals surface area contributed by atoms with Crippen molar-refractivity contribution in [2.75, 3.05) is 20.3 Å². The molecule has 1 heterocycles. The third-order valence-electron chi connectivity index (χ3n) is 4.72. The zero-order valence-corrected chi connectivity index (χ0v) is 17.1. The number of nitro groups is 1. The summed E-state index contributed by atoms with van der Waals surface area (Å²) in [5.41, 5.74) is 0.707. The molecule has 0 aromatic heterocycles. The van der Waals surface area contributed by atoms with E-state index in [-0.39, 0.29) is 17.2 Å². The maximum Gasteiger partial charge on any atom is 0.312 e. The molecule has 0 fully saturated rings. The molecule has 0 saturated carbocycles. The number of rotatable bonds is 7. The number of ketones is 1. The predicted octanol–water partition coefficient (Wildman–Crippen LogP) is 5.06. The van der Waals surface area contributed by atoms with E-state index in [1.807, 2.05) is 0 Å². The van der Waals surface area contributed by atoms with E-state index in [1.54, 1.807) is 55.6 Å². The van der Waals surface area contributed by atoms with Crippen LogP contribution in [0.5, 0.6) is 28.7 Å². The van der Waals surface area contributed by atoms with Gasteiger partial charge in [0.25, 0.3) is 0 Å². The van der Waals surface area contributed by atoms with E-state index >= 15 is 0 Å². The predicted molar refractivity (Wildman–Crippen MR) is 117 cm³/mol. The number of nitro benzene ring substituents is 1. The smallest absolute Gasteiger partial charge is 0.312 e. The number of nitrogens with zero attached hydrogens (tertiary/aromatic N) is 1. The topological polar surface area (TPSA) is 97.1 Å². The third-order valence-corrected chi connectivity index (χ3v) is 4.72. The first-order chi connectivity index (χ1) is 15.5. The van der Waals surface area contributed by atoms with Crippen molar-refractivity contribution in [2.24, 2.45) is 0 Å². The van der Waals surface area contributed by atoms with E-state index in [0.717, 1.165) is 0 Å². The van der Waals surface area contributed by atoms with Crippen LogP contribution in [0.25, 0.3) is 6.08 Å². The lowest BCUT2D eigenvalue weighted by Gasteiger charge is -2.18. The summed E-state index contributed by atoms with van der Waals surface area (Å²) in [7, 11) is 1.55. The first kappa shape index (κ1) is 20.9. The number of methoxy groups -OCH3 is 1. The summed E-state index contributed by atoms with van der Waals surface area (Å²) in [6, 6.07) is 16.1. The molecule has 0 atom stereocenters. The molecule has 0 unspecified atom stereocenters. The fourth-order valence-electron chi connectivity index (χ4n) is 3.10. The summed E-state index contributed by atoms with van der Waals surface area (Å²) in [5, 5.41) is 11.5. The van der Waals surface area contributed by atoms with Gasteiger partial charge in [0, 0.05) is 11.6 Å². The molecule has 0 amide bonds. The minimum atomic E-state index is -0.529. The van der Waals surface area contributed by atoms with Gasteiger partial charge in [0.15, 0.2) is 17.3 Å². The average Bonchev–Trinajstić information content (AvgIpc) is 2.83. The van der Waals surface area contributed by atoms with Crippen molar-refractivity contribution in [1.29, 1.82) is 0 Å². The Bertz CT molecular complexity index is 1190. The van der Waals surface area contributed by atoms with Gasteiger partial charge in [-0.2, -0.15) is 0 Å². The highest BCUT2D eigenvalue weighted by atomic mass is 16.6. The van der Waals surface area contributed by atoms with Crippen molar-refractivity contribution in [3.8, 4) is 28.7 Å². The fraction of sp³-hybridized carbons (Fsp3) is 0.125. The zero-order valence-electron chi connectivity index (χ0n) is 17.1. The monoisotopic (exact) mass is 433 g/mol. The summed E-state index contributed by atoms with van der Waals surface area (Å²) >= 11 is 0. The standard InChI is InChI=1S/C24H19NO7/c1-29-18-5-7-19(8-6-18)32-22-10-3-16(14-20(22)25(27)28)2-9-21(26)17-4-11-23-24(15-17)31-13-12-30-23/h2-11,14-15H,12-13H2,1H3. The molecule has 0 spiro atoms. The first-order valence-electron chi connectivity index (χ1n) is 9.76. The SMILES string of the molecule is COc1ccc(Oc2ccc(C=CC(=O)c3ccc4c(c3)OCCO4)cc2[N+](=O)[O-])cc1. The van der Waals surface area contributed by atoms with Crippen molar-refractivity contribution in [1.82, 2.24) is 0 Å². The molecule has 162 valence electrons. The highest BCUT2D eigenvalue weighted by molar-refractivity contribution is 6.07. The minimum Gasteiger partial charge on any atom is -0.497 e. The summed E-state index contributed by atoms with van der Waals surface area (Å²) in [5.74, 6) is 2.03. The lowest BCUT2D eigenvalue weighted by atomic mass is 10.1. The van der Waals surface area contributed by atoms with Gasteiger partial charge in [-0.3, -0.25) is 14.9 Å². The largest absolute Gasteiger partial charge is 0.497 e. The molecule has 0 saturated heterocycles. The second-order valence-electron chi connectivity index (χ2n) is 6.82. The average molecular weight is 433 g/mol. The van der Waals surface area contributed by atoms with Crippen molar-refractivity contribution in [2.45, 2.75) is 0 Å². The number of fused-ring (bicyclic) bond motifs is 1. The second-order valence-corrected chi connectivity index (χ2v) is 6.82. The van der Waals surface area contributed by atoms with Gasteiger partial charge in [0.2, 0.25) is 5.75 Å². The van der Waals surface area contributed by atoms with Gasteiger partial charge >= 0.3 is 5.69 Å². The molecule has 8 nitrogen and oxygen atoms in total. The molecule has 0 N–H and O–H groups in total. The number of hydrogen-bond acceptors (Lipinski definition) is 7. The number of carbonyl (C=O) groups is 1. The normalized spacial score (nSPS) is 12.4. The van der Waals surface area contributed by atoms with E-state index < -0.39 is 4.92 Å². The second kappa shape index (κ2) is 9.22. The first-order valence-corrected chi connectivity index (χ1v) is 9.76. The van der Waals surface area contributed by atoms with Crippen LogP contribution < -0.4 is 18.9 Å². The van der Waals surface area contributed by atoms with E-state index in [1.165, 1.54) is 24.3 Å².